The summed E-state index contributed by atoms with van der Waals surface area (Å²) < 4.78 is 29.6. The van der Waals surface area contributed by atoms with Gasteiger partial charge < -0.3 is 24.1 Å². The van der Waals surface area contributed by atoms with Crippen LogP contribution in [-0.4, -0.2) is 45.7 Å². The van der Waals surface area contributed by atoms with Gasteiger partial charge in [0, 0.05) is 18.3 Å². The van der Waals surface area contributed by atoms with Gasteiger partial charge in [0.25, 0.3) is 5.72 Å². The number of oxime groups is 1. The van der Waals surface area contributed by atoms with Crippen molar-refractivity contribution < 1.29 is 20.4 Å². The van der Waals surface area contributed by atoms with E-state index in [0.717, 1.165) is 29.8 Å². The number of hydrogen-bond donors (Lipinski definition) is 1. The summed E-state index contributed by atoms with van der Waals surface area (Å²) in [6, 6.07) is 9.80. The number of rotatable bonds is 5. The second-order valence-corrected chi connectivity index (χ2v) is 8.14. The topological polar surface area (TPSA) is 72.1 Å². The third kappa shape index (κ3) is 3.66. The minimum atomic E-state index is -1.20. The van der Waals surface area contributed by atoms with Crippen LogP contribution in [0.1, 0.15) is 31.0 Å². The largest absolute Gasteiger partial charge is 0.495 e. The van der Waals surface area contributed by atoms with Crippen LogP contribution in [0.3, 0.4) is 0 Å². The summed E-state index contributed by atoms with van der Waals surface area (Å²) in [6.45, 7) is 2.19. The second kappa shape index (κ2) is 8.37. The van der Waals surface area contributed by atoms with Gasteiger partial charge in [0.1, 0.15) is 18.2 Å². The molecule has 170 valence electrons. The van der Waals surface area contributed by atoms with Crippen molar-refractivity contribution in [3.63, 3.8) is 0 Å². The van der Waals surface area contributed by atoms with Gasteiger partial charge in [0.2, 0.25) is 0 Å². The number of aliphatic hydroxyl groups excluding tert-OH is 1. The molecule has 8 heteroatoms. The molecule has 2 aliphatic heterocycles. The molecule has 1 fully saturated rings. The van der Waals surface area contributed by atoms with E-state index in [1.54, 1.807) is 31.6 Å². The van der Waals surface area contributed by atoms with E-state index < -0.39 is 5.72 Å². The predicted molar refractivity (Wildman–Crippen MR) is 122 cm³/mol. The maximum Gasteiger partial charge on any atom is 0.260 e. The predicted octanol–water partition coefficient (Wildman–Crippen LogP) is 4.00. The van der Waals surface area contributed by atoms with Crippen LogP contribution in [0, 0.1) is 12.7 Å². The fourth-order valence-corrected chi connectivity index (χ4v) is 4.38. The molecule has 2 aromatic carbocycles. The highest BCUT2D eigenvalue weighted by Crippen LogP contribution is 2.40. The molecule has 0 bridgehead atoms. The summed E-state index contributed by atoms with van der Waals surface area (Å²) in [5.74, 6) is 0.868. The van der Waals surface area contributed by atoms with Crippen molar-refractivity contribution in [1.82, 2.24) is 14.5 Å². The third-order valence-corrected chi connectivity index (χ3v) is 6.05. The van der Waals surface area contributed by atoms with Crippen LogP contribution < -0.4 is 4.74 Å². The Morgan fingerprint density at radius 1 is 1.33 bits per heavy atom. The fraction of sp³-hybridized carbons (Fsp3) is 0.280. The number of hydrogen-bond acceptors (Lipinski definition) is 6. The summed E-state index contributed by atoms with van der Waals surface area (Å²) in [4.78, 5) is 12.0. The number of nitrogens with zero attached hydrogens (tertiary/aromatic N) is 4. The van der Waals surface area contributed by atoms with Crippen molar-refractivity contribution in [1.29, 1.82) is 0 Å². The van der Waals surface area contributed by atoms with E-state index in [1.807, 2.05) is 34.7 Å². The molecule has 1 aromatic heterocycles. The van der Waals surface area contributed by atoms with E-state index >= 15 is 0 Å². The SMILES string of the molecule is [3H]c1cc(-n2cnc(C)c2)c(OC)cc1/C=C1\CCCN2C1=NOC2(CO)c1ccc(F)cc1. The van der Waals surface area contributed by atoms with E-state index in [9.17, 15) is 9.50 Å². The van der Waals surface area contributed by atoms with Crippen molar-refractivity contribution in [2.45, 2.75) is 25.5 Å². The van der Waals surface area contributed by atoms with E-state index in [4.69, 9.17) is 10.9 Å². The summed E-state index contributed by atoms with van der Waals surface area (Å²) in [6.07, 6.45) is 7.05. The number of benzene rings is 2. The molecule has 1 atom stereocenters. The molecular formula is C25H25FN4O3. The Labute approximate surface area is 192 Å². The Hall–Kier alpha value is -3.65. The summed E-state index contributed by atoms with van der Waals surface area (Å²) >= 11 is 0. The van der Waals surface area contributed by atoms with Gasteiger partial charge in [-0.05, 0) is 73.4 Å². The number of piperidine rings is 1. The summed E-state index contributed by atoms with van der Waals surface area (Å²) in [7, 11) is 1.60. The first-order valence-corrected chi connectivity index (χ1v) is 10.8. The Kier molecular flexibility index (Phi) is 5.07. The highest BCUT2D eigenvalue weighted by atomic mass is 19.1. The van der Waals surface area contributed by atoms with Crippen LogP contribution in [0.4, 0.5) is 4.39 Å². The highest BCUT2D eigenvalue weighted by Gasteiger charge is 2.49. The van der Waals surface area contributed by atoms with Crippen LogP contribution in [0.15, 0.2) is 65.7 Å². The molecular weight excluding hydrogens is 423 g/mol. The van der Waals surface area contributed by atoms with Gasteiger partial charge in [-0.15, -0.1) is 0 Å². The molecule has 1 N–H and O–H groups in total. The molecule has 3 heterocycles. The Morgan fingerprint density at radius 3 is 2.85 bits per heavy atom. The molecule has 7 nitrogen and oxygen atoms in total. The van der Waals surface area contributed by atoms with E-state index in [-0.39, 0.29) is 12.4 Å². The Bertz CT molecular complexity index is 1290. The Balaban J connectivity index is 1.51. The normalized spacial score (nSPS) is 21.5. The van der Waals surface area contributed by atoms with Gasteiger partial charge in [0.05, 0.1) is 26.2 Å². The van der Waals surface area contributed by atoms with Crippen molar-refractivity contribution in [3.8, 4) is 11.4 Å². The lowest BCUT2D eigenvalue weighted by Crippen LogP contribution is -2.51. The van der Waals surface area contributed by atoms with Crippen molar-refractivity contribution >= 4 is 11.9 Å². The van der Waals surface area contributed by atoms with E-state index in [2.05, 4.69) is 10.1 Å². The van der Waals surface area contributed by atoms with Crippen LogP contribution in [0.25, 0.3) is 11.8 Å². The molecule has 0 amide bonds. The highest BCUT2D eigenvalue weighted by molar-refractivity contribution is 6.03. The van der Waals surface area contributed by atoms with Crippen LogP contribution in [0.5, 0.6) is 5.75 Å². The summed E-state index contributed by atoms with van der Waals surface area (Å²) in [5, 5.41) is 14.6. The first-order chi connectivity index (χ1) is 16.4. The standard InChI is InChI=1S/C25H25FN4O3/c1-17-14-29(16-27-17)22-10-5-18(13-23(22)32-2)12-19-4-3-11-30-24(19)28-33-25(30,15-31)20-6-8-21(26)9-7-20/h5-10,12-14,16,31H,3-4,11,15H2,1-2H3/b19-12+/i5T. The van der Waals surface area contributed by atoms with Gasteiger partial charge in [-0.3, -0.25) is 0 Å². The lowest BCUT2D eigenvalue weighted by molar-refractivity contribution is -0.137. The van der Waals surface area contributed by atoms with Crippen molar-refractivity contribution in [3.05, 3.63) is 83.2 Å². The van der Waals surface area contributed by atoms with Gasteiger partial charge in [0.15, 0.2) is 5.84 Å². The quantitative estimate of drug-likeness (QED) is 0.636. The monoisotopic (exact) mass is 450 g/mol. The molecule has 0 aliphatic carbocycles. The number of imidazole rings is 1. The smallest absolute Gasteiger partial charge is 0.260 e. The number of aryl methyl sites for hydroxylation is 1. The molecule has 0 radical (unpaired) electrons. The summed E-state index contributed by atoms with van der Waals surface area (Å²) in [5.41, 5.74) is 2.60. The number of aliphatic hydroxyl groups is 1. The van der Waals surface area contributed by atoms with Crippen LogP contribution >= 0.6 is 0 Å². The van der Waals surface area contributed by atoms with Gasteiger partial charge in [-0.2, -0.15) is 0 Å². The number of ether oxygens (including phenoxy) is 1. The van der Waals surface area contributed by atoms with E-state index in [1.165, 1.54) is 12.1 Å². The van der Waals surface area contributed by atoms with Gasteiger partial charge in [-0.25, -0.2) is 9.37 Å². The third-order valence-electron chi connectivity index (χ3n) is 6.05. The van der Waals surface area contributed by atoms with Gasteiger partial charge >= 0.3 is 0 Å². The van der Waals surface area contributed by atoms with Crippen molar-refractivity contribution in [2.75, 3.05) is 20.3 Å². The molecule has 0 spiro atoms. The maximum atomic E-state index is 13.5. The first kappa shape index (κ1) is 20.0. The second-order valence-electron chi connectivity index (χ2n) is 8.14. The zero-order valence-electron chi connectivity index (χ0n) is 19.5. The zero-order valence-corrected chi connectivity index (χ0v) is 18.5. The number of halogens is 1. The molecule has 1 saturated heterocycles. The molecule has 3 aromatic rings. The average Bonchev–Trinajstić information content (AvgIpc) is 3.45. The average molecular weight is 451 g/mol. The number of aromatic nitrogens is 2. The maximum absolute atomic E-state index is 13.5. The van der Waals surface area contributed by atoms with Gasteiger partial charge in [-0.1, -0.05) is 11.2 Å². The zero-order chi connectivity index (χ0) is 23.9. The molecule has 2 aliphatic rings. The molecule has 33 heavy (non-hydrogen) atoms. The minimum absolute atomic E-state index is 0.332. The first-order valence-electron chi connectivity index (χ1n) is 11.3. The Morgan fingerprint density at radius 2 is 2.15 bits per heavy atom. The lowest BCUT2D eigenvalue weighted by atomic mass is 9.95. The fourth-order valence-electron chi connectivity index (χ4n) is 4.38. The van der Waals surface area contributed by atoms with Crippen molar-refractivity contribution in [2.24, 2.45) is 5.16 Å². The molecule has 1 unspecified atom stereocenters. The van der Waals surface area contributed by atoms with E-state index in [0.29, 0.717) is 35.3 Å². The van der Waals surface area contributed by atoms with Crippen LogP contribution in [-0.2, 0) is 10.6 Å². The minimum Gasteiger partial charge on any atom is -0.495 e. The van der Waals surface area contributed by atoms with Crippen LogP contribution in [0.2, 0.25) is 0 Å². The number of amidine groups is 1. The molecule has 0 saturated carbocycles. The number of fused-ring (bicyclic) bond motifs is 1. The molecule has 5 rings (SSSR count). The lowest BCUT2D eigenvalue weighted by Gasteiger charge is -2.38. The number of methoxy groups -OCH3 is 1.